The van der Waals surface area contributed by atoms with Crippen molar-refractivity contribution in [2.45, 2.75) is 38.5 Å². The highest BCUT2D eigenvalue weighted by molar-refractivity contribution is 7.17. The van der Waals surface area contributed by atoms with Crippen LogP contribution in [-0.2, 0) is 27.2 Å². The summed E-state index contributed by atoms with van der Waals surface area (Å²) < 4.78 is 4.79. The predicted octanol–water partition coefficient (Wildman–Crippen LogP) is 0.882. The zero-order chi connectivity index (χ0) is 15.4. The highest BCUT2D eigenvalue weighted by Crippen LogP contribution is 2.38. The molecule has 1 aliphatic rings. The molecule has 0 radical (unpaired) electrons. The molecule has 1 heterocycles. The largest absolute Gasteiger partial charge is 0.550 e. The standard InChI is InChI=1S/C14H17NO5S/c1-20-14(19)12-8-4-2-3-5-9(8)21-13(12)15-10(16)6-7-11(17)18/h2-7H2,1H3,(H,15,16)(H,17,18)/p-1. The van der Waals surface area contributed by atoms with Crippen LogP contribution < -0.4 is 10.4 Å². The Hall–Kier alpha value is -1.89. The van der Waals surface area contributed by atoms with E-state index in [9.17, 15) is 19.5 Å². The number of carbonyl (C=O) groups is 3. The predicted molar refractivity (Wildman–Crippen MR) is 75.2 cm³/mol. The Bertz CT molecular complexity index is 578. The number of anilines is 1. The molecule has 114 valence electrons. The quantitative estimate of drug-likeness (QED) is 0.815. The van der Waals surface area contributed by atoms with Gasteiger partial charge in [0.15, 0.2) is 0 Å². The lowest BCUT2D eigenvalue weighted by molar-refractivity contribution is -0.305. The summed E-state index contributed by atoms with van der Waals surface area (Å²) in [5.74, 6) is -2.18. The van der Waals surface area contributed by atoms with Crippen molar-refractivity contribution < 1.29 is 24.2 Å². The second-order valence-corrected chi connectivity index (χ2v) is 5.93. The fraction of sp³-hybridized carbons (Fsp3) is 0.500. The van der Waals surface area contributed by atoms with Crippen molar-refractivity contribution >= 4 is 34.2 Å². The van der Waals surface area contributed by atoms with Crippen molar-refractivity contribution in [3.63, 3.8) is 0 Å². The first kappa shape index (κ1) is 15.5. The number of carboxylic acid groups (broad SMARTS) is 1. The molecule has 0 bridgehead atoms. The molecule has 0 saturated heterocycles. The molecule has 0 spiro atoms. The summed E-state index contributed by atoms with van der Waals surface area (Å²) >= 11 is 1.37. The van der Waals surface area contributed by atoms with Crippen molar-refractivity contribution in [1.82, 2.24) is 0 Å². The number of methoxy groups -OCH3 is 1. The van der Waals surface area contributed by atoms with Crippen LogP contribution in [0.15, 0.2) is 0 Å². The average Bonchev–Trinajstić information content (AvgIpc) is 2.82. The molecule has 7 heteroatoms. The highest BCUT2D eigenvalue weighted by Gasteiger charge is 2.26. The second-order valence-electron chi connectivity index (χ2n) is 4.83. The normalized spacial score (nSPS) is 13.4. The number of thiophene rings is 1. The average molecular weight is 310 g/mol. The van der Waals surface area contributed by atoms with Crippen molar-refractivity contribution in [3.05, 3.63) is 16.0 Å². The SMILES string of the molecule is COC(=O)c1c(NC(=O)CCC(=O)[O-])sc2c1CCCC2. The molecule has 0 unspecified atom stereocenters. The lowest BCUT2D eigenvalue weighted by atomic mass is 9.95. The van der Waals surface area contributed by atoms with Gasteiger partial charge in [-0.2, -0.15) is 0 Å². The summed E-state index contributed by atoms with van der Waals surface area (Å²) in [6.45, 7) is 0. The van der Waals surface area contributed by atoms with Gasteiger partial charge in [-0.15, -0.1) is 11.3 Å². The summed E-state index contributed by atoms with van der Waals surface area (Å²) in [4.78, 5) is 35.2. The van der Waals surface area contributed by atoms with E-state index in [1.54, 1.807) is 0 Å². The summed E-state index contributed by atoms with van der Waals surface area (Å²) in [5.41, 5.74) is 1.37. The number of aryl methyl sites for hydroxylation is 1. The van der Waals surface area contributed by atoms with Gasteiger partial charge in [0, 0.05) is 17.3 Å². The Morgan fingerprint density at radius 3 is 2.62 bits per heavy atom. The van der Waals surface area contributed by atoms with Gasteiger partial charge in [0.1, 0.15) is 5.00 Å². The van der Waals surface area contributed by atoms with Crippen LogP contribution in [0.3, 0.4) is 0 Å². The minimum Gasteiger partial charge on any atom is -0.550 e. The number of hydrogen-bond donors (Lipinski definition) is 1. The molecule has 0 atom stereocenters. The minimum absolute atomic E-state index is 0.175. The molecule has 1 aromatic heterocycles. The molecular weight excluding hydrogens is 294 g/mol. The van der Waals surface area contributed by atoms with E-state index in [1.807, 2.05) is 0 Å². The molecule has 2 rings (SSSR count). The summed E-state index contributed by atoms with van der Waals surface area (Å²) in [5, 5.41) is 13.5. The Morgan fingerprint density at radius 2 is 1.95 bits per heavy atom. The van der Waals surface area contributed by atoms with Gasteiger partial charge in [0.2, 0.25) is 5.91 Å². The maximum Gasteiger partial charge on any atom is 0.341 e. The smallest absolute Gasteiger partial charge is 0.341 e. The third kappa shape index (κ3) is 3.60. The lowest BCUT2D eigenvalue weighted by Gasteiger charge is -2.11. The maximum atomic E-state index is 11.9. The van der Waals surface area contributed by atoms with E-state index in [0.29, 0.717) is 10.6 Å². The van der Waals surface area contributed by atoms with Crippen molar-refractivity contribution in [1.29, 1.82) is 0 Å². The Labute approximate surface area is 126 Å². The van der Waals surface area contributed by atoms with Crippen LogP contribution in [-0.4, -0.2) is 25.0 Å². The van der Waals surface area contributed by atoms with Crippen LogP contribution in [0.4, 0.5) is 5.00 Å². The fourth-order valence-electron chi connectivity index (χ4n) is 2.38. The van der Waals surface area contributed by atoms with E-state index in [2.05, 4.69) is 5.32 Å². The Morgan fingerprint density at radius 1 is 1.24 bits per heavy atom. The molecule has 1 N–H and O–H groups in total. The number of hydrogen-bond acceptors (Lipinski definition) is 6. The van der Waals surface area contributed by atoms with Gasteiger partial charge in [-0.3, -0.25) is 4.79 Å². The van der Waals surface area contributed by atoms with E-state index in [0.717, 1.165) is 36.1 Å². The molecular formula is C14H16NO5S-. The first-order valence-electron chi connectivity index (χ1n) is 6.75. The Balaban J connectivity index is 2.22. The number of fused-ring (bicyclic) bond motifs is 1. The highest BCUT2D eigenvalue weighted by atomic mass is 32.1. The first-order chi connectivity index (χ1) is 10.0. The zero-order valence-electron chi connectivity index (χ0n) is 11.7. The number of rotatable bonds is 5. The first-order valence-corrected chi connectivity index (χ1v) is 7.57. The van der Waals surface area contributed by atoms with E-state index < -0.39 is 17.8 Å². The van der Waals surface area contributed by atoms with Gasteiger partial charge in [-0.25, -0.2) is 4.79 Å². The van der Waals surface area contributed by atoms with Gasteiger partial charge < -0.3 is 20.0 Å². The number of nitrogens with one attached hydrogen (secondary N) is 1. The van der Waals surface area contributed by atoms with E-state index in [4.69, 9.17) is 4.74 Å². The molecule has 6 nitrogen and oxygen atoms in total. The maximum absolute atomic E-state index is 11.9. The number of carboxylic acids is 1. The number of ether oxygens (including phenoxy) is 1. The van der Waals surface area contributed by atoms with Crippen molar-refractivity contribution in [2.75, 3.05) is 12.4 Å². The van der Waals surface area contributed by atoms with Crippen LogP contribution in [0.5, 0.6) is 0 Å². The molecule has 1 aromatic rings. The third-order valence-corrected chi connectivity index (χ3v) is 4.58. The van der Waals surface area contributed by atoms with Gasteiger partial charge in [0.05, 0.1) is 12.7 Å². The molecule has 1 amide bonds. The van der Waals surface area contributed by atoms with E-state index in [1.165, 1.54) is 18.4 Å². The second kappa shape index (κ2) is 6.71. The summed E-state index contributed by atoms with van der Waals surface area (Å²) in [6.07, 6.45) is 3.23. The van der Waals surface area contributed by atoms with E-state index >= 15 is 0 Å². The Kier molecular flexibility index (Phi) is 4.95. The van der Waals surface area contributed by atoms with Crippen LogP contribution >= 0.6 is 11.3 Å². The number of aliphatic carboxylic acids is 1. The van der Waals surface area contributed by atoms with Gasteiger partial charge in [0.25, 0.3) is 0 Å². The van der Waals surface area contributed by atoms with Crippen LogP contribution in [0.25, 0.3) is 0 Å². The van der Waals surface area contributed by atoms with Crippen LogP contribution in [0.1, 0.15) is 46.5 Å². The summed E-state index contributed by atoms with van der Waals surface area (Å²) in [7, 11) is 1.30. The zero-order valence-corrected chi connectivity index (χ0v) is 12.5. The van der Waals surface area contributed by atoms with E-state index in [-0.39, 0.29) is 12.8 Å². The molecule has 1 aliphatic carbocycles. The van der Waals surface area contributed by atoms with Crippen LogP contribution in [0, 0.1) is 0 Å². The van der Waals surface area contributed by atoms with Crippen LogP contribution in [0.2, 0.25) is 0 Å². The molecule has 0 aliphatic heterocycles. The van der Waals surface area contributed by atoms with Crippen molar-refractivity contribution in [3.8, 4) is 0 Å². The topological polar surface area (TPSA) is 95.5 Å². The lowest BCUT2D eigenvalue weighted by Crippen LogP contribution is -2.24. The number of carbonyl (C=O) groups excluding carboxylic acids is 3. The summed E-state index contributed by atoms with van der Waals surface area (Å²) in [6, 6.07) is 0. The minimum atomic E-state index is -1.27. The third-order valence-electron chi connectivity index (χ3n) is 3.37. The van der Waals surface area contributed by atoms with Gasteiger partial charge >= 0.3 is 5.97 Å². The number of amides is 1. The monoisotopic (exact) mass is 310 g/mol. The molecule has 21 heavy (non-hydrogen) atoms. The molecule has 0 fully saturated rings. The van der Waals surface area contributed by atoms with Gasteiger partial charge in [-0.1, -0.05) is 0 Å². The number of esters is 1. The molecule has 0 aromatic carbocycles. The van der Waals surface area contributed by atoms with Crippen molar-refractivity contribution in [2.24, 2.45) is 0 Å². The fourth-order valence-corrected chi connectivity index (χ4v) is 3.67. The van der Waals surface area contributed by atoms with Gasteiger partial charge in [-0.05, 0) is 37.7 Å². The molecule has 0 saturated carbocycles.